The van der Waals surface area contributed by atoms with Gasteiger partial charge < -0.3 is 5.11 Å². The van der Waals surface area contributed by atoms with E-state index in [-0.39, 0.29) is 9.77 Å². The van der Waals surface area contributed by atoms with Crippen molar-refractivity contribution in [2.24, 2.45) is 0 Å². The number of rotatable bonds is 5. The van der Waals surface area contributed by atoms with E-state index in [0.717, 1.165) is 11.3 Å². The Kier molecular flexibility index (Phi) is 4.67. The van der Waals surface area contributed by atoms with E-state index in [1.807, 2.05) is 0 Å². The van der Waals surface area contributed by atoms with E-state index in [1.54, 1.807) is 31.2 Å². The van der Waals surface area contributed by atoms with Crippen molar-refractivity contribution in [1.82, 2.24) is 4.72 Å². The van der Waals surface area contributed by atoms with Crippen LogP contribution in [0.3, 0.4) is 0 Å². The second-order valence-electron chi connectivity index (χ2n) is 4.28. The number of carboxylic acids is 1. The summed E-state index contributed by atoms with van der Waals surface area (Å²) in [7, 11) is -3.94. The van der Waals surface area contributed by atoms with Gasteiger partial charge in [-0.25, -0.2) is 17.9 Å². The van der Waals surface area contributed by atoms with Gasteiger partial charge in [0.15, 0.2) is 0 Å². The van der Waals surface area contributed by atoms with E-state index in [4.69, 9.17) is 16.7 Å². The lowest BCUT2D eigenvalue weighted by Crippen LogP contribution is -2.27. The maximum Gasteiger partial charge on any atom is 0.347 e. The Balaban J connectivity index is 2.32. The third kappa shape index (κ3) is 3.44. The van der Waals surface area contributed by atoms with Crippen LogP contribution in [0.1, 0.15) is 28.2 Å². The molecule has 21 heavy (non-hydrogen) atoms. The first-order valence-corrected chi connectivity index (χ1v) is 8.64. The number of nitrogens with one attached hydrogen (secondary N) is 1. The van der Waals surface area contributed by atoms with Crippen LogP contribution < -0.4 is 4.72 Å². The molecule has 0 fully saturated rings. The van der Waals surface area contributed by atoms with E-state index in [1.165, 1.54) is 11.4 Å². The van der Waals surface area contributed by atoms with Gasteiger partial charge in [-0.05, 0) is 30.0 Å². The van der Waals surface area contributed by atoms with Crippen molar-refractivity contribution >= 4 is 38.9 Å². The van der Waals surface area contributed by atoms with Gasteiger partial charge in [0.25, 0.3) is 0 Å². The minimum atomic E-state index is -3.94. The van der Waals surface area contributed by atoms with Crippen LogP contribution in [0.5, 0.6) is 0 Å². The van der Waals surface area contributed by atoms with Crippen molar-refractivity contribution in [3.8, 4) is 0 Å². The van der Waals surface area contributed by atoms with Gasteiger partial charge >= 0.3 is 5.97 Å². The normalized spacial score (nSPS) is 13.0. The number of halogens is 1. The fraction of sp³-hybridized carbons (Fsp3) is 0.154. The summed E-state index contributed by atoms with van der Waals surface area (Å²) in [5, 5.41) is 10.9. The molecule has 0 aliphatic heterocycles. The molecule has 112 valence electrons. The predicted molar refractivity (Wildman–Crippen MR) is 81.5 cm³/mol. The number of hydrogen-bond acceptors (Lipinski definition) is 4. The van der Waals surface area contributed by atoms with Crippen molar-refractivity contribution in [1.29, 1.82) is 0 Å². The molecule has 2 N–H and O–H groups in total. The van der Waals surface area contributed by atoms with Crippen LogP contribution in [0.2, 0.25) is 5.02 Å². The average Bonchev–Trinajstić information content (AvgIpc) is 2.88. The van der Waals surface area contributed by atoms with Crippen molar-refractivity contribution in [3.05, 3.63) is 51.2 Å². The molecule has 1 aromatic heterocycles. The largest absolute Gasteiger partial charge is 0.477 e. The molecule has 0 spiro atoms. The van der Waals surface area contributed by atoms with Crippen LogP contribution in [0, 0.1) is 0 Å². The topological polar surface area (TPSA) is 83.5 Å². The lowest BCUT2D eigenvalue weighted by molar-refractivity contribution is 0.0698. The molecule has 1 unspecified atom stereocenters. The predicted octanol–water partition coefficient (Wildman–Crippen LogP) is 3.14. The quantitative estimate of drug-likeness (QED) is 0.872. The standard InChI is InChI=1S/C13H12ClNO4S2/c1-8(9-4-2-3-5-10(9)14)15-21(18,19)11-6-7-20-12(11)13(16)17/h2-8,15H,1H3,(H,16,17). The summed E-state index contributed by atoms with van der Waals surface area (Å²) in [6.45, 7) is 1.64. The molecule has 5 nitrogen and oxygen atoms in total. The van der Waals surface area contributed by atoms with Crippen LogP contribution in [0.4, 0.5) is 0 Å². The van der Waals surface area contributed by atoms with Gasteiger partial charge in [-0.1, -0.05) is 29.8 Å². The Morgan fingerprint density at radius 1 is 1.33 bits per heavy atom. The second kappa shape index (κ2) is 6.15. The molecule has 2 aromatic rings. The van der Waals surface area contributed by atoms with Crippen molar-refractivity contribution in [2.75, 3.05) is 0 Å². The Morgan fingerprint density at radius 2 is 2.00 bits per heavy atom. The molecule has 0 aliphatic rings. The molecule has 1 aromatic carbocycles. The second-order valence-corrected chi connectivity index (χ2v) is 7.29. The van der Waals surface area contributed by atoms with Gasteiger partial charge in [0.2, 0.25) is 10.0 Å². The molecule has 0 bridgehead atoms. The maximum atomic E-state index is 12.3. The molecule has 0 saturated heterocycles. The first-order valence-electron chi connectivity index (χ1n) is 5.90. The third-order valence-electron chi connectivity index (χ3n) is 2.82. The number of benzene rings is 1. The molecule has 0 amide bonds. The summed E-state index contributed by atoms with van der Waals surface area (Å²) in [6.07, 6.45) is 0. The Labute approximate surface area is 131 Å². The number of hydrogen-bond donors (Lipinski definition) is 2. The van der Waals surface area contributed by atoms with E-state index >= 15 is 0 Å². The Morgan fingerprint density at radius 3 is 2.62 bits per heavy atom. The van der Waals surface area contributed by atoms with Gasteiger partial charge in [0.1, 0.15) is 9.77 Å². The zero-order valence-electron chi connectivity index (χ0n) is 10.9. The van der Waals surface area contributed by atoms with Crippen molar-refractivity contribution < 1.29 is 18.3 Å². The molecule has 1 heterocycles. The highest BCUT2D eigenvalue weighted by molar-refractivity contribution is 7.89. The van der Waals surface area contributed by atoms with Gasteiger partial charge in [-0.3, -0.25) is 0 Å². The van der Waals surface area contributed by atoms with E-state index in [2.05, 4.69) is 4.72 Å². The van der Waals surface area contributed by atoms with Crippen LogP contribution in [-0.2, 0) is 10.0 Å². The molecule has 1 atom stereocenters. The molecule has 2 rings (SSSR count). The molecule has 0 radical (unpaired) electrons. The number of aromatic carboxylic acids is 1. The number of sulfonamides is 1. The minimum Gasteiger partial charge on any atom is -0.477 e. The molecule has 8 heteroatoms. The molecule has 0 saturated carbocycles. The Bertz CT molecular complexity index is 770. The smallest absolute Gasteiger partial charge is 0.347 e. The highest BCUT2D eigenvalue weighted by Crippen LogP contribution is 2.26. The summed E-state index contributed by atoms with van der Waals surface area (Å²) >= 11 is 6.89. The average molecular weight is 346 g/mol. The van der Waals surface area contributed by atoms with Crippen LogP contribution >= 0.6 is 22.9 Å². The van der Waals surface area contributed by atoms with Gasteiger partial charge in [0, 0.05) is 11.1 Å². The first-order chi connectivity index (χ1) is 9.83. The lowest BCUT2D eigenvalue weighted by Gasteiger charge is -2.15. The fourth-order valence-electron chi connectivity index (χ4n) is 1.85. The summed E-state index contributed by atoms with van der Waals surface area (Å²) in [6, 6.07) is 7.56. The Hall–Kier alpha value is -1.41. The zero-order chi connectivity index (χ0) is 15.6. The van der Waals surface area contributed by atoms with Gasteiger partial charge in [-0.15, -0.1) is 11.3 Å². The van der Waals surface area contributed by atoms with E-state index in [0.29, 0.717) is 10.6 Å². The third-order valence-corrected chi connectivity index (χ3v) is 5.78. The van der Waals surface area contributed by atoms with Crippen molar-refractivity contribution in [3.63, 3.8) is 0 Å². The summed E-state index contributed by atoms with van der Waals surface area (Å²) in [5.74, 6) is -1.27. The lowest BCUT2D eigenvalue weighted by atomic mass is 10.1. The highest BCUT2D eigenvalue weighted by Gasteiger charge is 2.26. The SMILES string of the molecule is CC(NS(=O)(=O)c1ccsc1C(=O)O)c1ccccc1Cl. The first kappa shape index (κ1) is 16.0. The number of carbonyl (C=O) groups is 1. The minimum absolute atomic E-state index is 0.214. The van der Waals surface area contributed by atoms with Gasteiger partial charge in [-0.2, -0.15) is 0 Å². The molecular formula is C13H12ClNO4S2. The summed E-state index contributed by atoms with van der Waals surface area (Å²) in [5.41, 5.74) is 0.620. The van der Waals surface area contributed by atoms with Gasteiger partial charge in [0.05, 0.1) is 0 Å². The number of carboxylic acid groups (broad SMARTS) is 1. The fourth-order valence-corrected chi connectivity index (χ4v) is 4.63. The number of thiophene rings is 1. The van der Waals surface area contributed by atoms with Crippen molar-refractivity contribution in [2.45, 2.75) is 17.9 Å². The van der Waals surface area contributed by atoms with Crippen LogP contribution in [-0.4, -0.2) is 19.5 Å². The summed E-state index contributed by atoms with van der Waals surface area (Å²) < 4.78 is 27.0. The molecule has 0 aliphatic carbocycles. The zero-order valence-corrected chi connectivity index (χ0v) is 13.3. The van der Waals surface area contributed by atoms with E-state index < -0.39 is 22.0 Å². The maximum absolute atomic E-state index is 12.3. The molecular weight excluding hydrogens is 334 g/mol. The van der Waals surface area contributed by atoms with E-state index in [9.17, 15) is 13.2 Å². The monoisotopic (exact) mass is 345 g/mol. The van der Waals surface area contributed by atoms with Crippen LogP contribution in [0.15, 0.2) is 40.6 Å². The highest BCUT2D eigenvalue weighted by atomic mass is 35.5. The summed E-state index contributed by atoms with van der Waals surface area (Å²) in [4.78, 5) is 10.6. The van der Waals surface area contributed by atoms with Crippen LogP contribution in [0.25, 0.3) is 0 Å².